The Kier molecular flexibility index (Phi) is 5.99. The van der Waals surface area contributed by atoms with Crippen LogP contribution in [0.25, 0.3) is 0 Å². The number of esters is 1. The molecule has 1 heterocycles. The van der Waals surface area contributed by atoms with E-state index in [-0.39, 0.29) is 18.4 Å². The fraction of sp³-hybridized carbons (Fsp3) is 0.364. The number of hydrogen-bond acceptors (Lipinski definition) is 4. The lowest BCUT2D eigenvalue weighted by atomic mass is 9.91. The average molecular weight is 381 g/mol. The predicted molar refractivity (Wildman–Crippen MR) is 111 cm³/mol. The number of carbonyl (C=O) groups excluding carboxylic acids is 2. The number of para-hydroxylation sites is 2. The van der Waals surface area contributed by atoms with Crippen molar-refractivity contribution in [2.24, 2.45) is 0 Å². The number of likely N-dealkylation sites (N-methyl/N-ethyl adjacent to an activating group) is 1. The predicted octanol–water partition coefficient (Wildman–Crippen LogP) is 3.39. The molecule has 148 valence electrons. The topological polar surface area (TPSA) is 53.1 Å². The molecule has 1 fully saturated rings. The lowest BCUT2D eigenvalue weighted by Crippen LogP contribution is -2.54. The third kappa shape index (κ3) is 4.02. The normalized spacial score (nSPS) is 19.4. The zero-order valence-electron chi connectivity index (χ0n) is 16.7. The fourth-order valence-corrected chi connectivity index (χ4v) is 3.94. The molecular formula is C22H27N3O3. The first kappa shape index (κ1) is 19.9. The molecular weight excluding hydrogens is 354 g/mol. The maximum absolute atomic E-state index is 13.5. The lowest BCUT2D eigenvalue weighted by Gasteiger charge is -2.39. The Morgan fingerprint density at radius 3 is 2.14 bits per heavy atom. The van der Waals surface area contributed by atoms with E-state index >= 15 is 0 Å². The van der Waals surface area contributed by atoms with Crippen LogP contribution in [0.2, 0.25) is 0 Å². The molecule has 1 aliphatic rings. The standard InChI is InChI=1S/C22H27N3O3/c1-23(2)16-22(15-14-20(26)28-3)17-24(18-10-6-4-7-11-18)21(27)25(22)19-12-8-5-9-13-19/h4-13H,14-17H2,1-3H3. The second-order valence-corrected chi connectivity index (χ2v) is 7.41. The van der Waals surface area contributed by atoms with Gasteiger partial charge in [0.2, 0.25) is 0 Å². The number of amides is 2. The summed E-state index contributed by atoms with van der Waals surface area (Å²) in [5.74, 6) is -0.267. The molecule has 1 saturated heterocycles. The van der Waals surface area contributed by atoms with Gasteiger partial charge in [0.15, 0.2) is 0 Å². The van der Waals surface area contributed by atoms with Gasteiger partial charge in [0.1, 0.15) is 0 Å². The summed E-state index contributed by atoms with van der Waals surface area (Å²) in [5, 5.41) is 0. The fourth-order valence-electron chi connectivity index (χ4n) is 3.94. The van der Waals surface area contributed by atoms with E-state index in [0.717, 1.165) is 11.4 Å². The van der Waals surface area contributed by atoms with Crippen LogP contribution in [0.4, 0.5) is 16.2 Å². The van der Waals surface area contributed by atoms with Gasteiger partial charge in [-0.1, -0.05) is 36.4 Å². The minimum absolute atomic E-state index is 0.0795. The summed E-state index contributed by atoms with van der Waals surface area (Å²) >= 11 is 0. The molecule has 0 aliphatic carbocycles. The molecule has 2 aromatic carbocycles. The van der Waals surface area contributed by atoms with Gasteiger partial charge in [-0.2, -0.15) is 0 Å². The van der Waals surface area contributed by atoms with Gasteiger partial charge < -0.3 is 9.64 Å². The highest BCUT2D eigenvalue weighted by Gasteiger charge is 2.51. The zero-order valence-corrected chi connectivity index (χ0v) is 16.7. The van der Waals surface area contributed by atoms with E-state index in [0.29, 0.717) is 19.5 Å². The van der Waals surface area contributed by atoms with Crippen molar-refractivity contribution in [1.29, 1.82) is 0 Å². The SMILES string of the molecule is COC(=O)CCC1(CN(C)C)CN(c2ccccc2)C(=O)N1c1ccccc1. The summed E-state index contributed by atoms with van der Waals surface area (Å²) in [6, 6.07) is 19.2. The summed E-state index contributed by atoms with van der Waals surface area (Å²) in [7, 11) is 5.36. The molecule has 0 spiro atoms. The summed E-state index contributed by atoms with van der Waals surface area (Å²) in [6.45, 7) is 1.13. The minimum Gasteiger partial charge on any atom is -0.469 e. The van der Waals surface area contributed by atoms with E-state index in [4.69, 9.17) is 4.74 Å². The third-order valence-corrected chi connectivity index (χ3v) is 5.06. The molecule has 0 aromatic heterocycles. The second kappa shape index (κ2) is 8.44. The molecule has 1 atom stereocenters. The van der Waals surface area contributed by atoms with Crippen molar-refractivity contribution >= 4 is 23.4 Å². The molecule has 0 radical (unpaired) electrons. The first-order chi connectivity index (χ1) is 13.5. The number of benzene rings is 2. The van der Waals surface area contributed by atoms with E-state index in [9.17, 15) is 9.59 Å². The monoisotopic (exact) mass is 381 g/mol. The number of methoxy groups -OCH3 is 1. The van der Waals surface area contributed by atoms with Gasteiger partial charge in [0.25, 0.3) is 0 Å². The Hall–Kier alpha value is -2.86. The van der Waals surface area contributed by atoms with Crippen molar-refractivity contribution in [3.8, 4) is 0 Å². The molecule has 2 aromatic rings. The Labute approximate surface area is 166 Å². The van der Waals surface area contributed by atoms with Gasteiger partial charge in [-0.15, -0.1) is 0 Å². The first-order valence-corrected chi connectivity index (χ1v) is 9.40. The maximum Gasteiger partial charge on any atom is 0.329 e. The van der Waals surface area contributed by atoms with E-state index < -0.39 is 5.54 Å². The second-order valence-electron chi connectivity index (χ2n) is 7.41. The van der Waals surface area contributed by atoms with Crippen molar-refractivity contribution in [3.05, 3.63) is 60.7 Å². The molecule has 0 saturated carbocycles. The van der Waals surface area contributed by atoms with Crippen LogP contribution in [-0.2, 0) is 9.53 Å². The molecule has 6 nitrogen and oxygen atoms in total. The van der Waals surface area contributed by atoms with Crippen LogP contribution >= 0.6 is 0 Å². The molecule has 28 heavy (non-hydrogen) atoms. The Balaban J connectivity index is 2.05. The van der Waals surface area contributed by atoms with Crippen molar-refractivity contribution in [1.82, 2.24) is 4.90 Å². The van der Waals surface area contributed by atoms with Gasteiger partial charge in [-0.25, -0.2) is 4.79 Å². The Morgan fingerprint density at radius 1 is 1.04 bits per heavy atom. The molecule has 1 unspecified atom stereocenters. The number of rotatable bonds is 7. The number of carbonyl (C=O) groups is 2. The number of urea groups is 1. The molecule has 2 amide bonds. The molecule has 0 bridgehead atoms. The Bertz CT molecular complexity index is 810. The lowest BCUT2D eigenvalue weighted by molar-refractivity contribution is -0.141. The van der Waals surface area contributed by atoms with E-state index in [1.54, 1.807) is 4.90 Å². The summed E-state index contributed by atoms with van der Waals surface area (Å²) in [6.07, 6.45) is 0.769. The van der Waals surface area contributed by atoms with Crippen molar-refractivity contribution in [3.63, 3.8) is 0 Å². The Morgan fingerprint density at radius 2 is 1.61 bits per heavy atom. The van der Waals surface area contributed by atoms with Gasteiger partial charge >= 0.3 is 12.0 Å². The zero-order chi connectivity index (χ0) is 20.1. The van der Waals surface area contributed by atoms with Crippen LogP contribution < -0.4 is 9.80 Å². The van der Waals surface area contributed by atoms with E-state index in [1.807, 2.05) is 79.7 Å². The van der Waals surface area contributed by atoms with Crippen LogP contribution in [0, 0.1) is 0 Å². The quantitative estimate of drug-likeness (QED) is 0.690. The first-order valence-electron chi connectivity index (χ1n) is 9.40. The van der Waals surface area contributed by atoms with Gasteiger partial charge in [-0.05, 0) is 44.8 Å². The summed E-state index contributed by atoms with van der Waals surface area (Å²) in [4.78, 5) is 31.2. The summed E-state index contributed by atoms with van der Waals surface area (Å²) < 4.78 is 4.87. The van der Waals surface area contributed by atoms with Crippen LogP contribution in [-0.4, -0.2) is 56.7 Å². The number of hydrogen-bond donors (Lipinski definition) is 0. The average Bonchev–Trinajstić information content (AvgIpc) is 2.99. The largest absolute Gasteiger partial charge is 0.469 e. The molecule has 1 aliphatic heterocycles. The van der Waals surface area contributed by atoms with Gasteiger partial charge in [-0.3, -0.25) is 14.6 Å². The van der Waals surface area contributed by atoms with Gasteiger partial charge in [0.05, 0.1) is 19.2 Å². The van der Waals surface area contributed by atoms with Crippen LogP contribution in [0.5, 0.6) is 0 Å². The van der Waals surface area contributed by atoms with E-state index in [2.05, 4.69) is 4.90 Å². The summed E-state index contributed by atoms with van der Waals surface area (Å²) in [5.41, 5.74) is 1.14. The number of anilines is 2. The maximum atomic E-state index is 13.5. The van der Waals surface area contributed by atoms with Crippen LogP contribution in [0.3, 0.4) is 0 Å². The van der Waals surface area contributed by atoms with E-state index in [1.165, 1.54) is 7.11 Å². The van der Waals surface area contributed by atoms with Crippen LogP contribution in [0.1, 0.15) is 12.8 Å². The van der Waals surface area contributed by atoms with Crippen molar-refractivity contribution in [2.75, 3.05) is 44.1 Å². The molecule has 3 rings (SSSR count). The number of nitrogens with zero attached hydrogens (tertiary/aromatic N) is 3. The smallest absolute Gasteiger partial charge is 0.329 e. The van der Waals surface area contributed by atoms with Gasteiger partial charge in [0, 0.05) is 24.3 Å². The van der Waals surface area contributed by atoms with Crippen LogP contribution in [0.15, 0.2) is 60.7 Å². The highest BCUT2D eigenvalue weighted by atomic mass is 16.5. The molecule has 6 heteroatoms. The third-order valence-electron chi connectivity index (χ3n) is 5.06. The number of ether oxygens (including phenoxy) is 1. The van der Waals surface area contributed by atoms with Crippen molar-refractivity contribution < 1.29 is 14.3 Å². The van der Waals surface area contributed by atoms with Crippen molar-refractivity contribution in [2.45, 2.75) is 18.4 Å². The minimum atomic E-state index is -0.550. The highest BCUT2D eigenvalue weighted by molar-refractivity contribution is 6.08. The molecule has 0 N–H and O–H groups in total. The highest BCUT2D eigenvalue weighted by Crippen LogP contribution is 2.38.